The number of nitrogens with zero attached hydrogens (tertiary/aromatic N) is 2. The van der Waals surface area contributed by atoms with E-state index in [1.165, 1.54) is 11.8 Å². The highest BCUT2D eigenvalue weighted by Crippen LogP contribution is 2.23. The molecule has 30 heavy (non-hydrogen) atoms. The summed E-state index contributed by atoms with van der Waals surface area (Å²) in [5.74, 6) is -0.163. The monoisotopic (exact) mass is 465 g/mol. The van der Waals surface area contributed by atoms with E-state index in [4.69, 9.17) is 27.9 Å². The number of hydrogen-bond acceptors (Lipinski definition) is 5. The molecule has 0 saturated heterocycles. The molecule has 2 aromatic carbocycles. The Morgan fingerprint density at radius 3 is 2.80 bits per heavy atom. The second-order valence-corrected chi connectivity index (χ2v) is 8.17. The van der Waals surface area contributed by atoms with Crippen LogP contribution < -0.4 is 10.9 Å². The Hall–Kier alpha value is -2.06. The molecule has 0 aliphatic heterocycles. The number of anilines is 1. The highest BCUT2D eigenvalue weighted by atomic mass is 35.5. The number of carbonyl (C=O) groups is 1. The van der Waals surface area contributed by atoms with Gasteiger partial charge >= 0.3 is 0 Å². The third-order valence-corrected chi connectivity index (χ3v) is 5.78. The van der Waals surface area contributed by atoms with Gasteiger partial charge in [0.25, 0.3) is 5.56 Å². The van der Waals surface area contributed by atoms with Gasteiger partial charge < -0.3 is 10.1 Å². The van der Waals surface area contributed by atoms with Crippen LogP contribution in [0.3, 0.4) is 0 Å². The molecule has 3 aromatic rings. The van der Waals surface area contributed by atoms with Crippen LogP contribution in [0.15, 0.2) is 52.4 Å². The molecule has 0 spiro atoms. The summed E-state index contributed by atoms with van der Waals surface area (Å²) in [4.78, 5) is 30.0. The SMILES string of the molecule is CCOCCCn1c(SCC(=O)Nc2ccccc2Cl)nc2cc(Cl)ccc2c1=O. The van der Waals surface area contributed by atoms with Gasteiger partial charge in [-0.05, 0) is 43.7 Å². The number of nitrogens with one attached hydrogen (secondary N) is 1. The summed E-state index contributed by atoms with van der Waals surface area (Å²) in [6.07, 6.45) is 0.661. The second kappa shape index (κ2) is 10.8. The highest BCUT2D eigenvalue weighted by molar-refractivity contribution is 7.99. The van der Waals surface area contributed by atoms with Crippen molar-refractivity contribution in [1.82, 2.24) is 9.55 Å². The van der Waals surface area contributed by atoms with E-state index < -0.39 is 0 Å². The van der Waals surface area contributed by atoms with E-state index in [-0.39, 0.29) is 17.2 Å². The van der Waals surface area contributed by atoms with Crippen LogP contribution in [-0.2, 0) is 16.1 Å². The van der Waals surface area contributed by atoms with Crippen molar-refractivity contribution in [2.24, 2.45) is 0 Å². The van der Waals surface area contributed by atoms with Crippen LogP contribution in [0.25, 0.3) is 10.9 Å². The predicted molar refractivity (Wildman–Crippen MR) is 123 cm³/mol. The number of thioether (sulfide) groups is 1. The fraction of sp³-hybridized carbons (Fsp3) is 0.286. The minimum atomic E-state index is -0.241. The van der Waals surface area contributed by atoms with Crippen LogP contribution in [0.2, 0.25) is 10.0 Å². The van der Waals surface area contributed by atoms with Crippen molar-refractivity contribution < 1.29 is 9.53 Å². The Kier molecular flexibility index (Phi) is 8.16. The van der Waals surface area contributed by atoms with E-state index in [9.17, 15) is 9.59 Å². The first kappa shape index (κ1) is 22.6. The number of benzene rings is 2. The van der Waals surface area contributed by atoms with Crippen molar-refractivity contribution in [2.75, 3.05) is 24.3 Å². The molecule has 0 atom stereocenters. The molecular formula is C21H21Cl2N3O3S. The van der Waals surface area contributed by atoms with Gasteiger partial charge in [0.1, 0.15) is 0 Å². The summed E-state index contributed by atoms with van der Waals surface area (Å²) in [5, 5.41) is 4.67. The van der Waals surface area contributed by atoms with Gasteiger partial charge in [0.15, 0.2) is 5.16 Å². The molecule has 3 rings (SSSR count). The van der Waals surface area contributed by atoms with E-state index in [2.05, 4.69) is 10.3 Å². The first-order chi connectivity index (χ1) is 14.5. The molecule has 0 aliphatic rings. The van der Waals surface area contributed by atoms with Crippen molar-refractivity contribution in [2.45, 2.75) is 25.0 Å². The number of carbonyl (C=O) groups excluding carboxylic acids is 1. The number of rotatable bonds is 9. The Bertz CT molecular complexity index is 1100. The number of fused-ring (bicyclic) bond motifs is 1. The minimum Gasteiger partial charge on any atom is -0.382 e. The quantitative estimate of drug-likeness (QED) is 0.277. The maximum absolute atomic E-state index is 13.0. The molecule has 0 aliphatic carbocycles. The molecule has 0 fully saturated rings. The Balaban J connectivity index is 1.82. The van der Waals surface area contributed by atoms with Crippen LogP contribution in [-0.4, -0.2) is 34.4 Å². The summed E-state index contributed by atoms with van der Waals surface area (Å²) in [6, 6.07) is 12.0. The van der Waals surface area contributed by atoms with E-state index in [1.807, 2.05) is 6.92 Å². The molecule has 1 amide bonds. The summed E-state index contributed by atoms with van der Waals surface area (Å²) in [5.41, 5.74) is 0.877. The van der Waals surface area contributed by atoms with Crippen molar-refractivity contribution in [1.29, 1.82) is 0 Å². The third kappa shape index (κ3) is 5.76. The van der Waals surface area contributed by atoms with Gasteiger partial charge in [-0.3, -0.25) is 14.2 Å². The smallest absolute Gasteiger partial charge is 0.262 e. The topological polar surface area (TPSA) is 73.2 Å². The highest BCUT2D eigenvalue weighted by Gasteiger charge is 2.14. The Morgan fingerprint density at radius 1 is 1.23 bits per heavy atom. The second-order valence-electron chi connectivity index (χ2n) is 6.38. The first-order valence-corrected chi connectivity index (χ1v) is 11.2. The summed E-state index contributed by atoms with van der Waals surface area (Å²) in [6.45, 7) is 3.52. The van der Waals surface area contributed by atoms with E-state index >= 15 is 0 Å². The lowest BCUT2D eigenvalue weighted by Crippen LogP contribution is -2.25. The van der Waals surface area contributed by atoms with Gasteiger partial charge in [-0.25, -0.2) is 4.98 Å². The number of amides is 1. The molecule has 0 unspecified atom stereocenters. The van der Waals surface area contributed by atoms with Gasteiger partial charge in [-0.2, -0.15) is 0 Å². The fourth-order valence-corrected chi connectivity index (χ4v) is 4.00. The lowest BCUT2D eigenvalue weighted by atomic mass is 10.2. The lowest BCUT2D eigenvalue weighted by Gasteiger charge is -2.13. The average Bonchev–Trinajstić information content (AvgIpc) is 2.72. The largest absolute Gasteiger partial charge is 0.382 e. The molecule has 0 radical (unpaired) electrons. The number of halogens is 2. The molecule has 158 valence electrons. The molecule has 0 bridgehead atoms. The average molecular weight is 466 g/mol. The van der Waals surface area contributed by atoms with Gasteiger partial charge in [-0.1, -0.05) is 47.1 Å². The molecule has 1 aromatic heterocycles. The molecule has 1 N–H and O–H groups in total. The summed E-state index contributed by atoms with van der Waals surface area (Å²) in [7, 11) is 0. The summed E-state index contributed by atoms with van der Waals surface area (Å²) < 4.78 is 6.96. The fourth-order valence-electron chi connectivity index (χ4n) is 2.83. The van der Waals surface area contributed by atoms with E-state index in [1.54, 1.807) is 47.0 Å². The van der Waals surface area contributed by atoms with Crippen molar-refractivity contribution in [3.63, 3.8) is 0 Å². The lowest BCUT2D eigenvalue weighted by molar-refractivity contribution is -0.113. The molecule has 9 heteroatoms. The standard InChI is InChI=1S/C21H21Cl2N3O3S/c1-2-29-11-5-10-26-20(28)15-9-8-14(22)12-18(15)25-21(26)30-13-19(27)24-17-7-4-3-6-16(17)23/h3-4,6-9,12H,2,5,10-11,13H2,1H3,(H,24,27). The van der Waals surface area contributed by atoms with Gasteiger partial charge in [0.2, 0.25) is 5.91 Å². The number of para-hydroxylation sites is 1. The third-order valence-electron chi connectivity index (χ3n) is 4.24. The number of ether oxygens (including phenoxy) is 1. The summed E-state index contributed by atoms with van der Waals surface area (Å²) >= 11 is 13.3. The van der Waals surface area contributed by atoms with Crippen LogP contribution >= 0.6 is 35.0 Å². The predicted octanol–water partition coefficient (Wildman–Crippen LogP) is 4.86. The van der Waals surface area contributed by atoms with Crippen molar-refractivity contribution in [3.8, 4) is 0 Å². The normalized spacial score (nSPS) is 11.0. The zero-order valence-electron chi connectivity index (χ0n) is 16.4. The van der Waals surface area contributed by atoms with E-state index in [0.717, 1.165) is 0 Å². The Labute approximate surface area is 188 Å². The molecule has 0 saturated carbocycles. The molecule has 1 heterocycles. The minimum absolute atomic E-state index is 0.0786. The van der Waals surface area contributed by atoms with Crippen molar-refractivity contribution in [3.05, 3.63) is 62.9 Å². The number of aromatic nitrogens is 2. The maximum atomic E-state index is 13.0. The van der Waals surface area contributed by atoms with Crippen LogP contribution in [0.4, 0.5) is 5.69 Å². The van der Waals surface area contributed by atoms with Gasteiger partial charge in [0, 0.05) is 24.8 Å². The van der Waals surface area contributed by atoms with Gasteiger partial charge in [-0.15, -0.1) is 0 Å². The van der Waals surface area contributed by atoms with Crippen LogP contribution in [0, 0.1) is 0 Å². The molecule has 6 nitrogen and oxygen atoms in total. The van der Waals surface area contributed by atoms with Crippen molar-refractivity contribution >= 4 is 57.5 Å². The van der Waals surface area contributed by atoms with Crippen LogP contribution in [0.5, 0.6) is 0 Å². The zero-order chi connectivity index (χ0) is 21.5. The Morgan fingerprint density at radius 2 is 2.03 bits per heavy atom. The maximum Gasteiger partial charge on any atom is 0.262 e. The van der Waals surface area contributed by atoms with Crippen LogP contribution in [0.1, 0.15) is 13.3 Å². The van der Waals surface area contributed by atoms with E-state index in [0.29, 0.717) is 58.0 Å². The first-order valence-electron chi connectivity index (χ1n) is 9.44. The molecular weight excluding hydrogens is 445 g/mol. The van der Waals surface area contributed by atoms with Gasteiger partial charge in [0.05, 0.1) is 27.4 Å². The number of hydrogen-bond donors (Lipinski definition) is 1. The zero-order valence-corrected chi connectivity index (χ0v) is 18.7.